The Balaban J connectivity index is 2.03. The first kappa shape index (κ1) is 17.5. The number of hydrogen-bond acceptors (Lipinski definition) is 5. The molecular formula is C20H20N2O4. The predicted octanol–water partition coefficient (Wildman–Crippen LogP) is 3.52. The first-order chi connectivity index (χ1) is 12.6. The summed E-state index contributed by atoms with van der Waals surface area (Å²) in [5.74, 6) is 1.50. The van der Waals surface area contributed by atoms with Crippen LogP contribution in [0.1, 0.15) is 12.5 Å². The molecule has 6 nitrogen and oxygen atoms in total. The lowest BCUT2D eigenvalue weighted by Crippen LogP contribution is -2.21. The van der Waals surface area contributed by atoms with Crippen molar-refractivity contribution in [2.45, 2.75) is 6.92 Å². The topological polar surface area (TPSA) is 60.4 Å². The third kappa shape index (κ3) is 3.13. The number of nitrogens with zero attached hydrogens (tertiary/aromatic N) is 2. The van der Waals surface area contributed by atoms with Gasteiger partial charge in [-0.15, -0.1) is 0 Å². The molecular weight excluding hydrogens is 332 g/mol. The summed E-state index contributed by atoms with van der Waals surface area (Å²) in [5.41, 5.74) is 2.56. The second-order valence-corrected chi connectivity index (χ2v) is 5.65. The second kappa shape index (κ2) is 7.31. The molecule has 3 rings (SSSR count). The van der Waals surface area contributed by atoms with E-state index in [2.05, 4.69) is 5.10 Å². The third-order valence-corrected chi connectivity index (χ3v) is 4.10. The molecule has 0 N–H and O–H groups in total. The van der Waals surface area contributed by atoms with E-state index in [0.29, 0.717) is 34.1 Å². The quantitative estimate of drug-likeness (QED) is 0.773. The maximum Gasteiger partial charge on any atom is 0.280 e. The molecule has 0 fully saturated rings. The highest BCUT2D eigenvalue weighted by atomic mass is 16.5. The lowest BCUT2D eigenvalue weighted by molar-refractivity contribution is -0.114. The number of benzene rings is 2. The SMILES string of the molecule is COc1cc(OC)c(OC)cc1C=C1C(=O)N(c2ccccc2)N=C1C. The molecule has 0 radical (unpaired) electrons. The fourth-order valence-electron chi connectivity index (χ4n) is 2.75. The van der Waals surface area contributed by atoms with Crippen LogP contribution in [0.2, 0.25) is 0 Å². The van der Waals surface area contributed by atoms with Crippen molar-refractivity contribution in [3.8, 4) is 17.2 Å². The Morgan fingerprint density at radius 2 is 1.54 bits per heavy atom. The van der Waals surface area contributed by atoms with Crippen molar-refractivity contribution in [3.63, 3.8) is 0 Å². The smallest absolute Gasteiger partial charge is 0.280 e. The van der Waals surface area contributed by atoms with Gasteiger partial charge < -0.3 is 14.2 Å². The molecule has 0 saturated carbocycles. The lowest BCUT2D eigenvalue weighted by Gasteiger charge is -2.13. The van der Waals surface area contributed by atoms with Crippen LogP contribution in [0.25, 0.3) is 6.08 Å². The van der Waals surface area contributed by atoms with Gasteiger partial charge in [0, 0.05) is 11.6 Å². The van der Waals surface area contributed by atoms with Crippen LogP contribution in [0.15, 0.2) is 53.1 Å². The van der Waals surface area contributed by atoms with E-state index in [1.807, 2.05) is 30.3 Å². The molecule has 1 aliphatic rings. The number of para-hydroxylation sites is 1. The van der Waals surface area contributed by atoms with Crippen molar-refractivity contribution in [3.05, 3.63) is 53.6 Å². The van der Waals surface area contributed by atoms with Crippen LogP contribution in [-0.2, 0) is 4.79 Å². The summed E-state index contributed by atoms with van der Waals surface area (Å²) in [7, 11) is 4.69. The Kier molecular flexibility index (Phi) is 4.93. The summed E-state index contributed by atoms with van der Waals surface area (Å²) in [4.78, 5) is 12.8. The number of rotatable bonds is 5. The van der Waals surface area contributed by atoms with E-state index in [0.717, 1.165) is 5.69 Å². The van der Waals surface area contributed by atoms with Crippen molar-refractivity contribution in [2.75, 3.05) is 26.3 Å². The first-order valence-electron chi connectivity index (χ1n) is 8.05. The maximum absolute atomic E-state index is 12.8. The molecule has 0 aliphatic carbocycles. The average Bonchev–Trinajstić information content (AvgIpc) is 2.96. The summed E-state index contributed by atoms with van der Waals surface area (Å²) in [6.07, 6.45) is 1.75. The van der Waals surface area contributed by atoms with Gasteiger partial charge in [-0.1, -0.05) is 18.2 Å². The molecule has 0 atom stereocenters. The number of hydrazone groups is 1. The molecule has 0 saturated heterocycles. The molecule has 6 heteroatoms. The van der Waals surface area contributed by atoms with Crippen molar-refractivity contribution < 1.29 is 19.0 Å². The maximum atomic E-state index is 12.8. The number of methoxy groups -OCH3 is 3. The molecule has 1 amide bonds. The van der Waals surface area contributed by atoms with Crippen LogP contribution in [0, 0.1) is 0 Å². The molecule has 0 bridgehead atoms. The van der Waals surface area contributed by atoms with Gasteiger partial charge in [0.1, 0.15) is 5.75 Å². The zero-order chi connectivity index (χ0) is 18.7. The van der Waals surface area contributed by atoms with Gasteiger partial charge in [-0.05, 0) is 31.2 Å². The van der Waals surface area contributed by atoms with E-state index in [1.54, 1.807) is 46.5 Å². The standard InChI is InChI=1S/C20H20N2O4/c1-13-16(20(23)22(21-13)15-8-6-5-7-9-15)10-14-11-18(25-3)19(26-4)12-17(14)24-2/h5-12H,1-4H3. The number of carbonyl (C=O) groups excluding carboxylic acids is 1. The lowest BCUT2D eigenvalue weighted by atomic mass is 10.1. The molecule has 2 aromatic rings. The normalized spacial score (nSPS) is 15.2. The highest BCUT2D eigenvalue weighted by Gasteiger charge is 2.29. The largest absolute Gasteiger partial charge is 0.496 e. The molecule has 1 aliphatic heterocycles. The second-order valence-electron chi connectivity index (χ2n) is 5.65. The van der Waals surface area contributed by atoms with E-state index in [4.69, 9.17) is 14.2 Å². The van der Waals surface area contributed by atoms with E-state index in [-0.39, 0.29) is 5.91 Å². The third-order valence-electron chi connectivity index (χ3n) is 4.10. The zero-order valence-corrected chi connectivity index (χ0v) is 15.1. The molecule has 0 spiro atoms. The molecule has 0 aromatic heterocycles. The Morgan fingerprint density at radius 3 is 2.15 bits per heavy atom. The van der Waals surface area contributed by atoms with Gasteiger partial charge in [-0.3, -0.25) is 4.79 Å². The highest BCUT2D eigenvalue weighted by Crippen LogP contribution is 2.36. The van der Waals surface area contributed by atoms with Crippen molar-refractivity contribution in [2.24, 2.45) is 5.10 Å². The Hall–Kier alpha value is -3.28. The molecule has 2 aromatic carbocycles. The van der Waals surface area contributed by atoms with Crippen LogP contribution in [0.3, 0.4) is 0 Å². The Labute approximate surface area is 152 Å². The van der Waals surface area contributed by atoms with Crippen LogP contribution >= 0.6 is 0 Å². The van der Waals surface area contributed by atoms with Gasteiger partial charge in [0.05, 0.1) is 38.3 Å². The van der Waals surface area contributed by atoms with E-state index in [9.17, 15) is 4.79 Å². The number of amides is 1. The van der Waals surface area contributed by atoms with E-state index < -0.39 is 0 Å². The van der Waals surface area contributed by atoms with Crippen LogP contribution in [-0.4, -0.2) is 32.9 Å². The monoisotopic (exact) mass is 352 g/mol. The Morgan fingerprint density at radius 1 is 0.923 bits per heavy atom. The minimum atomic E-state index is -0.189. The summed E-state index contributed by atoms with van der Waals surface area (Å²) in [6.45, 7) is 1.81. The van der Waals surface area contributed by atoms with Crippen molar-refractivity contribution in [1.29, 1.82) is 0 Å². The molecule has 134 valence electrons. The fraction of sp³-hybridized carbons (Fsp3) is 0.200. The van der Waals surface area contributed by atoms with Gasteiger partial charge in [0.25, 0.3) is 5.91 Å². The molecule has 26 heavy (non-hydrogen) atoms. The minimum absolute atomic E-state index is 0.189. The molecule has 1 heterocycles. The molecule has 0 unspecified atom stereocenters. The summed E-state index contributed by atoms with van der Waals surface area (Å²) >= 11 is 0. The van der Waals surface area contributed by atoms with Gasteiger partial charge in [0.2, 0.25) is 0 Å². The highest BCUT2D eigenvalue weighted by molar-refractivity contribution is 6.32. The average molecular weight is 352 g/mol. The number of hydrogen-bond donors (Lipinski definition) is 0. The van der Waals surface area contributed by atoms with Crippen LogP contribution in [0.4, 0.5) is 5.69 Å². The number of carbonyl (C=O) groups is 1. The van der Waals surface area contributed by atoms with Gasteiger partial charge >= 0.3 is 0 Å². The number of ether oxygens (including phenoxy) is 3. The van der Waals surface area contributed by atoms with Gasteiger partial charge in [0.15, 0.2) is 11.5 Å². The zero-order valence-electron chi connectivity index (χ0n) is 15.1. The predicted molar refractivity (Wildman–Crippen MR) is 101 cm³/mol. The van der Waals surface area contributed by atoms with Gasteiger partial charge in [-0.25, -0.2) is 0 Å². The van der Waals surface area contributed by atoms with Crippen LogP contribution in [0.5, 0.6) is 17.2 Å². The summed E-state index contributed by atoms with van der Waals surface area (Å²) in [5, 5.41) is 5.78. The Bertz CT molecular complexity index is 888. The minimum Gasteiger partial charge on any atom is -0.496 e. The summed E-state index contributed by atoms with van der Waals surface area (Å²) < 4.78 is 16.1. The van der Waals surface area contributed by atoms with Gasteiger partial charge in [-0.2, -0.15) is 10.1 Å². The first-order valence-corrected chi connectivity index (χ1v) is 8.05. The van der Waals surface area contributed by atoms with Crippen molar-refractivity contribution >= 4 is 23.4 Å². The fourth-order valence-corrected chi connectivity index (χ4v) is 2.75. The van der Waals surface area contributed by atoms with E-state index in [1.165, 1.54) is 5.01 Å². The van der Waals surface area contributed by atoms with E-state index >= 15 is 0 Å². The number of anilines is 1. The summed E-state index contributed by atoms with van der Waals surface area (Å²) in [6, 6.07) is 12.8. The van der Waals surface area contributed by atoms with Crippen molar-refractivity contribution in [1.82, 2.24) is 0 Å². The van der Waals surface area contributed by atoms with Crippen LogP contribution < -0.4 is 19.2 Å².